The largest absolute Gasteiger partial charge is 0.361 e. The Morgan fingerprint density at radius 2 is 1.88 bits per heavy atom. The number of benzene rings is 1. The highest BCUT2D eigenvalue weighted by Gasteiger charge is 2.22. The van der Waals surface area contributed by atoms with E-state index in [2.05, 4.69) is 56.4 Å². The quantitative estimate of drug-likeness (QED) is 0.580. The fraction of sp³-hybridized carbons (Fsp3) is 0.158. The van der Waals surface area contributed by atoms with Crippen molar-refractivity contribution in [3.63, 3.8) is 0 Å². The van der Waals surface area contributed by atoms with Crippen molar-refractivity contribution in [2.45, 2.75) is 13.1 Å². The molecule has 0 spiro atoms. The Balaban J connectivity index is 0.00000157. The Labute approximate surface area is 151 Å². The Kier molecular flexibility index (Phi) is 4.03. The standard InChI is InChI=1S/C19H17N5.ClH/c1-2-16-14(5-8-22-16)11-15(1)19-18(13-3-6-20-7-4-13)17-12-21-9-10-24(17)23-19;/h1-8,11,21-22H,9-10,12H2;1H. The first kappa shape index (κ1) is 15.9. The number of rotatable bonds is 2. The second-order valence-electron chi connectivity index (χ2n) is 6.09. The summed E-state index contributed by atoms with van der Waals surface area (Å²) in [5.41, 5.74) is 6.96. The minimum atomic E-state index is 0. The van der Waals surface area contributed by atoms with Crippen molar-refractivity contribution in [1.82, 2.24) is 25.1 Å². The van der Waals surface area contributed by atoms with Crippen molar-refractivity contribution in [2.24, 2.45) is 0 Å². The molecule has 4 aromatic rings. The van der Waals surface area contributed by atoms with Gasteiger partial charge in [-0.1, -0.05) is 6.07 Å². The molecule has 0 aliphatic carbocycles. The van der Waals surface area contributed by atoms with E-state index in [1.807, 2.05) is 18.6 Å². The van der Waals surface area contributed by atoms with Crippen molar-refractivity contribution < 1.29 is 0 Å². The first-order valence-corrected chi connectivity index (χ1v) is 8.18. The number of pyridine rings is 1. The molecule has 3 aromatic heterocycles. The van der Waals surface area contributed by atoms with Gasteiger partial charge in [0.1, 0.15) is 5.69 Å². The summed E-state index contributed by atoms with van der Waals surface area (Å²) in [6.07, 6.45) is 5.66. The van der Waals surface area contributed by atoms with Crippen LogP contribution in [0, 0.1) is 0 Å². The van der Waals surface area contributed by atoms with Crippen LogP contribution in [-0.2, 0) is 13.1 Å². The topological polar surface area (TPSA) is 58.5 Å². The van der Waals surface area contributed by atoms with Gasteiger partial charge in [-0.05, 0) is 35.9 Å². The average molecular weight is 352 g/mol. The maximum atomic E-state index is 4.93. The monoisotopic (exact) mass is 351 g/mol. The first-order chi connectivity index (χ1) is 11.9. The zero-order valence-electron chi connectivity index (χ0n) is 13.6. The van der Waals surface area contributed by atoms with Crippen LogP contribution in [0.3, 0.4) is 0 Å². The first-order valence-electron chi connectivity index (χ1n) is 8.18. The molecule has 0 atom stereocenters. The number of hydrogen-bond acceptors (Lipinski definition) is 3. The van der Waals surface area contributed by atoms with Gasteiger partial charge in [0.15, 0.2) is 0 Å². The summed E-state index contributed by atoms with van der Waals surface area (Å²) in [6.45, 7) is 2.71. The zero-order chi connectivity index (χ0) is 15.9. The number of nitrogens with zero attached hydrogens (tertiary/aromatic N) is 3. The summed E-state index contributed by atoms with van der Waals surface area (Å²) < 4.78 is 2.14. The zero-order valence-corrected chi connectivity index (χ0v) is 14.4. The fourth-order valence-corrected chi connectivity index (χ4v) is 3.48. The van der Waals surface area contributed by atoms with Crippen LogP contribution in [0.1, 0.15) is 5.69 Å². The Bertz CT molecular complexity index is 1020. The molecule has 0 radical (unpaired) electrons. The number of nitrogens with one attached hydrogen (secondary N) is 2. The fourth-order valence-electron chi connectivity index (χ4n) is 3.48. The highest BCUT2D eigenvalue weighted by atomic mass is 35.5. The van der Waals surface area contributed by atoms with E-state index in [-0.39, 0.29) is 12.4 Å². The third kappa shape index (κ3) is 2.62. The van der Waals surface area contributed by atoms with E-state index in [9.17, 15) is 0 Å². The van der Waals surface area contributed by atoms with Crippen LogP contribution in [0.5, 0.6) is 0 Å². The second kappa shape index (κ2) is 6.35. The summed E-state index contributed by atoms with van der Waals surface area (Å²) >= 11 is 0. The molecule has 0 amide bonds. The van der Waals surface area contributed by atoms with Crippen LogP contribution < -0.4 is 5.32 Å². The maximum absolute atomic E-state index is 4.93. The average Bonchev–Trinajstić information content (AvgIpc) is 3.26. The lowest BCUT2D eigenvalue weighted by molar-refractivity contribution is 0.477. The summed E-state index contributed by atoms with van der Waals surface area (Å²) in [5.74, 6) is 0. The van der Waals surface area contributed by atoms with Crippen molar-refractivity contribution in [3.05, 3.63) is 60.7 Å². The third-order valence-corrected chi connectivity index (χ3v) is 4.65. The molecule has 0 saturated carbocycles. The number of hydrogen-bond donors (Lipinski definition) is 2. The maximum Gasteiger partial charge on any atom is 0.100 e. The van der Waals surface area contributed by atoms with Crippen LogP contribution >= 0.6 is 12.4 Å². The number of aromatic nitrogens is 4. The molecule has 5 nitrogen and oxygen atoms in total. The van der Waals surface area contributed by atoms with E-state index < -0.39 is 0 Å². The van der Waals surface area contributed by atoms with Crippen molar-refractivity contribution >= 4 is 23.3 Å². The summed E-state index contributed by atoms with van der Waals surface area (Å²) in [5, 5.41) is 9.60. The van der Waals surface area contributed by atoms with Gasteiger partial charge in [-0.25, -0.2) is 0 Å². The number of halogens is 1. The summed E-state index contributed by atoms with van der Waals surface area (Å²) in [7, 11) is 0. The van der Waals surface area contributed by atoms with Gasteiger partial charge < -0.3 is 10.3 Å². The third-order valence-electron chi connectivity index (χ3n) is 4.65. The molecule has 0 bridgehead atoms. The molecular formula is C19H18ClN5. The normalized spacial score (nSPS) is 13.4. The van der Waals surface area contributed by atoms with Gasteiger partial charge in [-0.15, -0.1) is 12.4 Å². The van der Waals surface area contributed by atoms with E-state index in [0.29, 0.717) is 0 Å². The van der Waals surface area contributed by atoms with Gasteiger partial charge >= 0.3 is 0 Å². The molecule has 0 fully saturated rings. The molecule has 126 valence electrons. The molecule has 1 aliphatic rings. The van der Waals surface area contributed by atoms with Crippen molar-refractivity contribution in [1.29, 1.82) is 0 Å². The van der Waals surface area contributed by atoms with Gasteiger partial charge in [-0.3, -0.25) is 9.67 Å². The Morgan fingerprint density at radius 3 is 2.76 bits per heavy atom. The van der Waals surface area contributed by atoms with Crippen LogP contribution in [0.2, 0.25) is 0 Å². The van der Waals surface area contributed by atoms with E-state index in [1.165, 1.54) is 22.2 Å². The molecule has 5 rings (SSSR count). The minimum absolute atomic E-state index is 0. The van der Waals surface area contributed by atoms with E-state index in [4.69, 9.17) is 5.10 Å². The van der Waals surface area contributed by atoms with Crippen molar-refractivity contribution in [3.8, 4) is 22.4 Å². The number of H-pyrrole nitrogens is 1. The van der Waals surface area contributed by atoms with Gasteiger partial charge in [0, 0.05) is 53.7 Å². The highest BCUT2D eigenvalue weighted by Crippen LogP contribution is 2.36. The predicted octanol–water partition coefficient (Wildman–Crippen LogP) is 3.62. The van der Waals surface area contributed by atoms with Gasteiger partial charge in [0.05, 0.1) is 12.2 Å². The Hall–Kier alpha value is -2.63. The van der Waals surface area contributed by atoms with Gasteiger partial charge in [0.2, 0.25) is 0 Å². The molecule has 2 N–H and O–H groups in total. The molecule has 1 aliphatic heterocycles. The molecule has 6 heteroatoms. The molecule has 4 heterocycles. The van der Waals surface area contributed by atoms with E-state index in [1.54, 1.807) is 0 Å². The predicted molar refractivity (Wildman–Crippen MR) is 102 cm³/mol. The number of aromatic amines is 1. The lowest BCUT2D eigenvalue weighted by Crippen LogP contribution is -2.28. The van der Waals surface area contributed by atoms with E-state index in [0.717, 1.165) is 36.4 Å². The lowest BCUT2D eigenvalue weighted by atomic mass is 9.98. The van der Waals surface area contributed by atoms with E-state index >= 15 is 0 Å². The molecular weight excluding hydrogens is 334 g/mol. The molecule has 25 heavy (non-hydrogen) atoms. The minimum Gasteiger partial charge on any atom is -0.361 e. The summed E-state index contributed by atoms with van der Waals surface area (Å²) in [4.78, 5) is 7.41. The van der Waals surface area contributed by atoms with Crippen LogP contribution in [0.4, 0.5) is 0 Å². The highest BCUT2D eigenvalue weighted by molar-refractivity contribution is 5.89. The lowest BCUT2D eigenvalue weighted by Gasteiger charge is -2.16. The second-order valence-corrected chi connectivity index (χ2v) is 6.09. The van der Waals surface area contributed by atoms with Crippen LogP contribution in [-0.4, -0.2) is 26.3 Å². The SMILES string of the molecule is Cl.c1cc(-c2c(-c3ccc4[nH]ccc4c3)nn3c2CNCC3)ccn1. The molecule has 0 unspecified atom stereocenters. The molecule has 1 aromatic carbocycles. The van der Waals surface area contributed by atoms with Gasteiger partial charge in [0.25, 0.3) is 0 Å². The van der Waals surface area contributed by atoms with Gasteiger partial charge in [-0.2, -0.15) is 5.10 Å². The number of fused-ring (bicyclic) bond motifs is 2. The summed E-state index contributed by atoms with van der Waals surface area (Å²) in [6, 6.07) is 12.7. The van der Waals surface area contributed by atoms with Crippen LogP contribution in [0.15, 0.2) is 55.0 Å². The Morgan fingerprint density at radius 1 is 1.00 bits per heavy atom. The van der Waals surface area contributed by atoms with Crippen molar-refractivity contribution in [2.75, 3.05) is 6.54 Å². The molecule has 0 saturated heterocycles. The van der Waals surface area contributed by atoms with Crippen LogP contribution in [0.25, 0.3) is 33.3 Å². The smallest absolute Gasteiger partial charge is 0.100 e.